The lowest BCUT2D eigenvalue weighted by Crippen LogP contribution is -2.39. The average Bonchev–Trinajstić information content (AvgIpc) is 3.12. The van der Waals surface area contributed by atoms with Gasteiger partial charge in [0.05, 0.1) is 0 Å². The van der Waals surface area contributed by atoms with Gasteiger partial charge in [-0.3, -0.25) is 4.99 Å². The van der Waals surface area contributed by atoms with Crippen molar-refractivity contribution in [1.29, 1.82) is 0 Å². The van der Waals surface area contributed by atoms with Gasteiger partial charge in [0, 0.05) is 31.1 Å². The van der Waals surface area contributed by atoms with Crippen molar-refractivity contribution in [2.75, 3.05) is 13.1 Å². The summed E-state index contributed by atoms with van der Waals surface area (Å²) in [5.74, 6) is 3.00. The Morgan fingerprint density at radius 3 is 2.64 bits per heavy atom. The molecule has 1 aromatic carbocycles. The van der Waals surface area contributed by atoms with Crippen LogP contribution in [0.2, 0.25) is 0 Å². The Kier molecular flexibility index (Phi) is 5.68. The van der Waals surface area contributed by atoms with Gasteiger partial charge in [-0.15, -0.1) is 0 Å². The molecule has 0 saturated heterocycles. The molecule has 0 radical (unpaired) electrons. The van der Waals surface area contributed by atoms with E-state index in [1.807, 2.05) is 19.1 Å². The molecule has 6 heteroatoms. The predicted molar refractivity (Wildman–Crippen MR) is 99.5 cm³/mol. The van der Waals surface area contributed by atoms with Crippen molar-refractivity contribution < 1.29 is 4.52 Å². The monoisotopic (exact) mass is 341 g/mol. The lowest BCUT2D eigenvalue weighted by Gasteiger charge is -2.10. The van der Waals surface area contributed by atoms with E-state index >= 15 is 0 Å². The van der Waals surface area contributed by atoms with Crippen LogP contribution in [0.25, 0.3) is 11.5 Å². The summed E-state index contributed by atoms with van der Waals surface area (Å²) in [6.07, 6.45) is 2.92. The van der Waals surface area contributed by atoms with E-state index in [2.05, 4.69) is 51.7 Å². The van der Waals surface area contributed by atoms with Crippen molar-refractivity contribution in [2.45, 2.75) is 46.1 Å². The van der Waals surface area contributed by atoms with Crippen LogP contribution in [-0.2, 0) is 12.8 Å². The van der Waals surface area contributed by atoms with E-state index in [1.54, 1.807) is 0 Å². The molecule has 3 rings (SSSR count). The van der Waals surface area contributed by atoms with Crippen LogP contribution in [0.15, 0.2) is 33.8 Å². The van der Waals surface area contributed by atoms with Crippen LogP contribution in [0.3, 0.4) is 0 Å². The fourth-order valence-electron chi connectivity index (χ4n) is 2.64. The molecule has 2 aromatic rings. The van der Waals surface area contributed by atoms with Crippen LogP contribution in [0.5, 0.6) is 0 Å². The van der Waals surface area contributed by atoms with Gasteiger partial charge in [-0.25, -0.2) is 0 Å². The van der Waals surface area contributed by atoms with Crippen LogP contribution in [-0.4, -0.2) is 35.2 Å². The summed E-state index contributed by atoms with van der Waals surface area (Å²) in [6.45, 7) is 8.00. The molecule has 0 spiro atoms. The first-order valence-corrected chi connectivity index (χ1v) is 9.16. The zero-order valence-corrected chi connectivity index (χ0v) is 15.2. The standard InChI is InChI=1S/C19H27N5O/c1-4-17-23-18(25-24-17)15-8-6-14(7-9-15)10-11-21-19(20-5-2)22-16-12-13(16)3/h6-9,13,16H,4-5,10-12H2,1-3H3,(H2,20,21,22). The van der Waals surface area contributed by atoms with Gasteiger partial charge in [0.2, 0.25) is 0 Å². The maximum absolute atomic E-state index is 5.27. The number of rotatable bonds is 7. The first kappa shape index (κ1) is 17.5. The van der Waals surface area contributed by atoms with Gasteiger partial charge >= 0.3 is 0 Å². The molecule has 1 heterocycles. The fraction of sp³-hybridized carbons (Fsp3) is 0.526. The van der Waals surface area contributed by atoms with E-state index in [1.165, 1.54) is 12.0 Å². The maximum Gasteiger partial charge on any atom is 0.257 e. The molecule has 1 aliphatic carbocycles. The highest BCUT2D eigenvalue weighted by atomic mass is 16.5. The van der Waals surface area contributed by atoms with Crippen molar-refractivity contribution in [3.8, 4) is 11.5 Å². The molecule has 1 fully saturated rings. The Morgan fingerprint density at radius 1 is 1.28 bits per heavy atom. The molecule has 0 aliphatic heterocycles. The zero-order valence-electron chi connectivity index (χ0n) is 15.2. The van der Waals surface area contributed by atoms with Crippen LogP contribution < -0.4 is 10.6 Å². The lowest BCUT2D eigenvalue weighted by atomic mass is 10.1. The van der Waals surface area contributed by atoms with Gasteiger partial charge in [-0.05, 0) is 43.4 Å². The molecule has 0 bridgehead atoms. The minimum Gasteiger partial charge on any atom is -0.357 e. The normalized spacial score (nSPS) is 19.7. The number of guanidine groups is 1. The second-order valence-electron chi connectivity index (χ2n) is 6.54. The van der Waals surface area contributed by atoms with Crippen LogP contribution in [0, 0.1) is 5.92 Å². The fourth-order valence-corrected chi connectivity index (χ4v) is 2.64. The number of nitrogens with zero attached hydrogens (tertiary/aromatic N) is 3. The molecule has 1 aromatic heterocycles. The Balaban J connectivity index is 1.54. The zero-order chi connectivity index (χ0) is 17.6. The summed E-state index contributed by atoms with van der Waals surface area (Å²) in [5, 5.41) is 10.7. The molecule has 1 aliphatic rings. The van der Waals surface area contributed by atoms with Crippen LogP contribution in [0.1, 0.15) is 38.6 Å². The van der Waals surface area contributed by atoms with Crippen molar-refractivity contribution in [3.05, 3.63) is 35.7 Å². The average molecular weight is 341 g/mol. The third kappa shape index (κ3) is 4.81. The van der Waals surface area contributed by atoms with Gasteiger partial charge < -0.3 is 15.2 Å². The van der Waals surface area contributed by atoms with Crippen LogP contribution >= 0.6 is 0 Å². The van der Waals surface area contributed by atoms with Crippen molar-refractivity contribution in [1.82, 2.24) is 20.8 Å². The third-order valence-electron chi connectivity index (χ3n) is 4.43. The molecule has 0 amide bonds. The van der Waals surface area contributed by atoms with E-state index < -0.39 is 0 Å². The number of nitrogens with one attached hydrogen (secondary N) is 2. The van der Waals surface area contributed by atoms with Gasteiger partial charge in [-0.1, -0.05) is 31.1 Å². The van der Waals surface area contributed by atoms with Crippen molar-refractivity contribution >= 4 is 5.96 Å². The summed E-state index contributed by atoms with van der Waals surface area (Å²) >= 11 is 0. The highest BCUT2D eigenvalue weighted by Gasteiger charge is 2.33. The molecular formula is C19H27N5O. The van der Waals surface area contributed by atoms with Crippen LogP contribution in [0.4, 0.5) is 0 Å². The predicted octanol–water partition coefficient (Wildman–Crippen LogP) is 2.81. The van der Waals surface area contributed by atoms with Gasteiger partial charge in [0.1, 0.15) is 0 Å². The SMILES string of the molecule is CCNC(=NCCc1ccc(-c2nc(CC)no2)cc1)NC1CC1C. The molecule has 2 atom stereocenters. The molecule has 134 valence electrons. The third-order valence-corrected chi connectivity index (χ3v) is 4.43. The second-order valence-corrected chi connectivity index (χ2v) is 6.54. The molecule has 2 unspecified atom stereocenters. The minimum atomic E-state index is 0.582. The Labute approximate surface area is 149 Å². The van der Waals surface area contributed by atoms with Gasteiger partial charge in [0.15, 0.2) is 11.8 Å². The highest BCUT2D eigenvalue weighted by Crippen LogP contribution is 2.28. The van der Waals surface area contributed by atoms with Crippen molar-refractivity contribution in [2.24, 2.45) is 10.9 Å². The largest absolute Gasteiger partial charge is 0.357 e. The van der Waals surface area contributed by atoms with E-state index in [4.69, 9.17) is 4.52 Å². The summed E-state index contributed by atoms with van der Waals surface area (Å²) in [5.41, 5.74) is 2.20. The smallest absolute Gasteiger partial charge is 0.257 e. The molecule has 1 saturated carbocycles. The number of aromatic nitrogens is 2. The summed E-state index contributed by atoms with van der Waals surface area (Å²) in [6, 6.07) is 8.84. The first-order chi connectivity index (χ1) is 12.2. The summed E-state index contributed by atoms with van der Waals surface area (Å²) in [4.78, 5) is 9.03. The quantitative estimate of drug-likeness (QED) is 0.598. The number of aliphatic imine (C=N–C) groups is 1. The summed E-state index contributed by atoms with van der Waals surface area (Å²) in [7, 11) is 0. The molecule has 25 heavy (non-hydrogen) atoms. The Hall–Kier alpha value is -2.37. The van der Waals surface area contributed by atoms with Gasteiger partial charge in [-0.2, -0.15) is 4.98 Å². The number of benzene rings is 1. The molecule has 2 N–H and O–H groups in total. The lowest BCUT2D eigenvalue weighted by molar-refractivity contribution is 0.423. The maximum atomic E-state index is 5.27. The molecule has 6 nitrogen and oxygen atoms in total. The van der Waals surface area contributed by atoms with E-state index in [0.29, 0.717) is 11.9 Å². The first-order valence-electron chi connectivity index (χ1n) is 9.16. The topological polar surface area (TPSA) is 75.3 Å². The number of hydrogen-bond donors (Lipinski definition) is 2. The Bertz CT molecular complexity index is 707. The van der Waals surface area contributed by atoms with E-state index in [0.717, 1.165) is 49.2 Å². The van der Waals surface area contributed by atoms with E-state index in [9.17, 15) is 0 Å². The Morgan fingerprint density at radius 2 is 2.04 bits per heavy atom. The highest BCUT2D eigenvalue weighted by molar-refractivity contribution is 5.80. The van der Waals surface area contributed by atoms with E-state index in [-0.39, 0.29) is 0 Å². The summed E-state index contributed by atoms with van der Waals surface area (Å²) < 4.78 is 5.27. The van der Waals surface area contributed by atoms with Gasteiger partial charge in [0.25, 0.3) is 5.89 Å². The number of aryl methyl sites for hydroxylation is 1. The minimum absolute atomic E-state index is 0.582. The van der Waals surface area contributed by atoms with Crippen molar-refractivity contribution in [3.63, 3.8) is 0 Å². The number of hydrogen-bond acceptors (Lipinski definition) is 4. The second kappa shape index (κ2) is 8.14. The molecular weight excluding hydrogens is 314 g/mol.